The summed E-state index contributed by atoms with van der Waals surface area (Å²) in [5, 5.41) is 10.9. The minimum absolute atomic E-state index is 0.0799. The van der Waals surface area contributed by atoms with Crippen LogP contribution >= 0.6 is 11.6 Å². The molecule has 0 saturated carbocycles. The van der Waals surface area contributed by atoms with E-state index >= 15 is 0 Å². The lowest BCUT2D eigenvalue weighted by Gasteiger charge is -2.05. The van der Waals surface area contributed by atoms with E-state index in [1.807, 2.05) is 6.92 Å². The predicted molar refractivity (Wildman–Crippen MR) is 77.3 cm³/mol. The van der Waals surface area contributed by atoms with E-state index in [1.54, 1.807) is 14.0 Å². The first-order valence-electron chi connectivity index (χ1n) is 6.22. The molecule has 2 amide bonds. The van der Waals surface area contributed by atoms with Crippen LogP contribution in [0.5, 0.6) is 0 Å². The quantitative estimate of drug-likeness (QED) is 0.876. The van der Waals surface area contributed by atoms with E-state index in [1.165, 1.54) is 15.6 Å². The van der Waals surface area contributed by atoms with Crippen molar-refractivity contribution in [2.75, 3.05) is 5.32 Å². The van der Waals surface area contributed by atoms with Crippen molar-refractivity contribution >= 4 is 29.1 Å². The Morgan fingerprint density at radius 1 is 1.48 bits per heavy atom. The minimum atomic E-state index is -0.673. The number of halogens is 1. The Balaban J connectivity index is 2.34. The van der Waals surface area contributed by atoms with Crippen molar-refractivity contribution < 1.29 is 9.59 Å². The first kappa shape index (κ1) is 15.0. The lowest BCUT2D eigenvalue weighted by atomic mass is 10.3. The van der Waals surface area contributed by atoms with E-state index in [0.717, 1.165) is 0 Å². The summed E-state index contributed by atoms with van der Waals surface area (Å²) in [5.74, 6) is -1.20. The van der Waals surface area contributed by atoms with Gasteiger partial charge in [-0.1, -0.05) is 11.6 Å². The molecule has 0 aliphatic rings. The summed E-state index contributed by atoms with van der Waals surface area (Å²) in [7, 11) is 1.68. The van der Waals surface area contributed by atoms with Gasteiger partial charge in [0.1, 0.15) is 5.69 Å². The van der Waals surface area contributed by atoms with Crippen LogP contribution < -0.4 is 11.1 Å². The van der Waals surface area contributed by atoms with Gasteiger partial charge in [0.25, 0.3) is 11.8 Å². The lowest BCUT2D eigenvalue weighted by molar-refractivity contribution is 0.0991. The number of nitrogens with one attached hydrogen (secondary N) is 1. The van der Waals surface area contributed by atoms with E-state index < -0.39 is 11.8 Å². The van der Waals surface area contributed by atoms with Crippen molar-refractivity contribution in [3.63, 3.8) is 0 Å². The smallest absolute Gasteiger partial charge is 0.277 e. The number of anilines is 1. The van der Waals surface area contributed by atoms with Gasteiger partial charge in [0.05, 0.1) is 22.6 Å². The monoisotopic (exact) mass is 310 g/mol. The van der Waals surface area contributed by atoms with Crippen LogP contribution in [-0.4, -0.2) is 31.4 Å². The Bertz CT molecular complexity index is 718. The number of aromatic nitrogens is 4. The van der Waals surface area contributed by atoms with Crippen LogP contribution in [0.15, 0.2) is 6.20 Å². The van der Waals surface area contributed by atoms with Crippen molar-refractivity contribution in [2.24, 2.45) is 12.8 Å². The fourth-order valence-electron chi connectivity index (χ4n) is 1.89. The predicted octanol–water partition coefficient (Wildman–Crippen LogP) is 0.950. The van der Waals surface area contributed by atoms with Crippen LogP contribution in [0.25, 0.3) is 0 Å². The average molecular weight is 311 g/mol. The molecular weight excluding hydrogens is 296 g/mol. The topological polar surface area (TPSA) is 108 Å². The van der Waals surface area contributed by atoms with Gasteiger partial charge in [-0.2, -0.15) is 10.2 Å². The van der Waals surface area contributed by atoms with Gasteiger partial charge in [-0.05, 0) is 13.8 Å². The van der Waals surface area contributed by atoms with Gasteiger partial charge < -0.3 is 11.1 Å². The minimum Gasteiger partial charge on any atom is -0.364 e. The maximum Gasteiger partial charge on any atom is 0.277 e. The molecule has 21 heavy (non-hydrogen) atoms. The highest BCUT2D eigenvalue weighted by Crippen LogP contribution is 2.21. The molecule has 0 saturated heterocycles. The summed E-state index contributed by atoms with van der Waals surface area (Å²) in [6.07, 6.45) is 1.37. The third kappa shape index (κ3) is 2.62. The molecule has 0 aliphatic heterocycles. The van der Waals surface area contributed by atoms with Gasteiger partial charge in [-0.3, -0.25) is 19.0 Å². The van der Waals surface area contributed by atoms with Gasteiger partial charge in [0, 0.05) is 13.6 Å². The maximum absolute atomic E-state index is 12.2. The van der Waals surface area contributed by atoms with Crippen LogP contribution in [0.2, 0.25) is 5.02 Å². The van der Waals surface area contributed by atoms with Crippen molar-refractivity contribution in [3.05, 3.63) is 28.3 Å². The molecule has 0 aromatic carbocycles. The molecule has 9 heteroatoms. The molecule has 112 valence electrons. The SMILES string of the molecule is CCn1ncc(NC(=O)c2nn(C)c(C)c2Cl)c1C(N)=O. The van der Waals surface area contributed by atoms with E-state index in [2.05, 4.69) is 15.5 Å². The zero-order valence-electron chi connectivity index (χ0n) is 11.8. The first-order chi connectivity index (χ1) is 9.86. The van der Waals surface area contributed by atoms with E-state index in [4.69, 9.17) is 17.3 Å². The van der Waals surface area contributed by atoms with E-state index in [0.29, 0.717) is 12.2 Å². The Labute approximate surface area is 125 Å². The summed E-state index contributed by atoms with van der Waals surface area (Å²) in [5.41, 5.74) is 6.42. The van der Waals surface area contributed by atoms with Crippen molar-refractivity contribution in [3.8, 4) is 0 Å². The summed E-state index contributed by atoms with van der Waals surface area (Å²) in [6.45, 7) is 4.01. The van der Waals surface area contributed by atoms with Gasteiger partial charge >= 0.3 is 0 Å². The van der Waals surface area contributed by atoms with Crippen molar-refractivity contribution in [1.29, 1.82) is 0 Å². The Morgan fingerprint density at radius 3 is 2.62 bits per heavy atom. The number of nitrogens with zero attached hydrogens (tertiary/aromatic N) is 4. The standard InChI is InChI=1S/C12H15ClN6O2/c1-4-19-10(11(14)20)7(5-15-19)16-12(21)9-8(13)6(2)18(3)17-9/h5H,4H2,1-3H3,(H2,14,20)(H,16,21). The van der Waals surface area contributed by atoms with E-state index in [-0.39, 0.29) is 22.1 Å². The molecule has 0 atom stereocenters. The Hall–Kier alpha value is -2.35. The van der Waals surface area contributed by atoms with Gasteiger partial charge in [-0.15, -0.1) is 0 Å². The third-order valence-electron chi connectivity index (χ3n) is 3.10. The molecule has 8 nitrogen and oxygen atoms in total. The molecule has 2 aromatic rings. The number of hydrogen-bond donors (Lipinski definition) is 2. The number of nitrogens with two attached hydrogens (primary N) is 1. The highest BCUT2D eigenvalue weighted by atomic mass is 35.5. The molecule has 2 aromatic heterocycles. The van der Waals surface area contributed by atoms with Gasteiger partial charge in [0.2, 0.25) is 0 Å². The largest absolute Gasteiger partial charge is 0.364 e. The van der Waals surface area contributed by atoms with Crippen LogP contribution in [0.1, 0.15) is 33.6 Å². The molecule has 2 heterocycles. The summed E-state index contributed by atoms with van der Waals surface area (Å²) in [6, 6.07) is 0. The van der Waals surface area contributed by atoms with Gasteiger partial charge in [-0.25, -0.2) is 0 Å². The lowest BCUT2D eigenvalue weighted by Crippen LogP contribution is -2.21. The molecule has 0 fully saturated rings. The molecule has 0 unspecified atom stereocenters. The first-order valence-corrected chi connectivity index (χ1v) is 6.60. The summed E-state index contributed by atoms with van der Waals surface area (Å²) >= 11 is 6.05. The molecular formula is C12H15ClN6O2. The van der Waals surface area contributed by atoms with Gasteiger partial charge in [0.15, 0.2) is 5.69 Å². The summed E-state index contributed by atoms with van der Waals surface area (Å²) < 4.78 is 2.91. The second kappa shape index (κ2) is 5.57. The highest BCUT2D eigenvalue weighted by Gasteiger charge is 2.22. The number of carbonyl (C=O) groups is 2. The second-order valence-electron chi connectivity index (χ2n) is 4.41. The second-order valence-corrected chi connectivity index (χ2v) is 4.79. The molecule has 0 radical (unpaired) electrons. The van der Waals surface area contributed by atoms with Crippen LogP contribution in [-0.2, 0) is 13.6 Å². The molecule has 0 bridgehead atoms. The number of rotatable bonds is 4. The number of amides is 2. The van der Waals surface area contributed by atoms with Crippen molar-refractivity contribution in [1.82, 2.24) is 19.6 Å². The van der Waals surface area contributed by atoms with Crippen LogP contribution in [0.3, 0.4) is 0 Å². The van der Waals surface area contributed by atoms with Crippen LogP contribution in [0.4, 0.5) is 5.69 Å². The normalized spacial score (nSPS) is 10.7. The third-order valence-corrected chi connectivity index (χ3v) is 3.55. The van der Waals surface area contributed by atoms with E-state index in [9.17, 15) is 9.59 Å². The average Bonchev–Trinajstić information content (AvgIpc) is 2.95. The molecule has 0 spiro atoms. The number of primary amides is 1. The summed E-state index contributed by atoms with van der Waals surface area (Å²) in [4.78, 5) is 23.7. The molecule has 0 aliphatic carbocycles. The highest BCUT2D eigenvalue weighted by molar-refractivity contribution is 6.34. The van der Waals surface area contributed by atoms with Crippen molar-refractivity contribution in [2.45, 2.75) is 20.4 Å². The fourth-order valence-corrected chi connectivity index (χ4v) is 2.13. The molecule has 3 N–H and O–H groups in total. The zero-order valence-corrected chi connectivity index (χ0v) is 12.6. The fraction of sp³-hybridized carbons (Fsp3) is 0.333. The Kier molecular flexibility index (Phi) is 3.99. The molecule has 2 rings (SSSR count). The maximum atomic E-state index is 12.2. The number of aryl methyl sites for hydroxylation is 2. The Morgan fingerprint density at radius 2 is 2.14 bits per heavy atom. The number of hydrogen-bond acceptors (Lipinski definition) is 4. The number of carbonyl (C=O) groups excluding carboxylic acids is 2. The zero-order chi connectivity index (χ0) is 15.7. The van der Waals surface area contributed by atoms with Crippen LogP contribution in [0, 0.1) is 6.92 Å².